The molecule has 0 radical (unpaired) electrons. The molecular weight excluding hydrogens is 719 g/mol. The summed E-state index contributed by atoms with van der Waals surface area (Å²) in [4.78, 5) is 37.8. The van der Waals surface area contributed by atoms with Gasteiger partial charge in [-0.05, 0) is 75.2 Å². The molecule has 1 aromatic rings. The third kappa shape index (κ3) is 12.4. The Balaban J connectivity index is 1.45. The van der Waals surface area contributed by atoms with E-state index in [-0.39, 0.29) is 40.5 Å². The molecule has 4 aliphatic heterocycles. The van der Waals surface area contributed by atoms with Crippen LogP contribution in [-0.2, 0) is 32.9 Å². The van der Waals surface area contributed by atoms with E-state index in [1.807, 2.05) is 18.2 Å². The maximum Gasteiger partial charge on any atom is 0.338 e. The lowest BCUT2D eigenvalue weighted by Gasteiger charge is -2.40. The number of carbonyl (C=O) groups is 2. The van der Waals surface area contributed by atoms with Crippen molar-refractivity contribution in [3.8, 4) is 0 Å². The van der Waals surface area contributed by atoms with Crippen LogP contribution in [-0.4, -0.2) is 80.6 Å². The van der Waals surface area contributed by atoms with Gasteiger partial charge >= 0.3 is 11.9 Å². The molecule has 55 heavy (non-hydrogen) atoms. The minimum absolute atomic E-state index is 0.0285. The van der Waals surface area contributed by atoms with Crippen LogP contribution in [0, 0.1) is 16.0 Å². The zero-order valence-electron chi connectivity index (χ0n) is 33.4. The van der Waals surface area contributed by atoms with Crippen LogP contribution in [0.25, 0.3) is 0 Å². The molecule has 0 aromatic heterocycles. The third-order valence-electron chi connectivity index (χ3n) is 11.2. The highest BCUT2D eigenvalue weighted by Gasteiger charge is 2.50. The van der Waals surface area contributed by atoms with Crippen molar-refractivity contribution in [2.75, 3.05) is 6.61 Å². The largest absolute Gasteiger partial charge is 0.456 e. The van der Waals surface area contributed by atoms with Gasteiger partial charge in [-0.15, -0.1) is 0 Å². The van der Waals surface area contributed by atoms with E-state index in [9.17, 15) is 19.7 Å². The summed E-state index contributed by atoms with van der Waals surface area (Å²) in [6.07, 6.45) is 14.6. The van der Waals surface area contributed by atoms with Gasteiger partial charge in [-0.3, -0.25) is 10.1 Å². The number of carbonyl (C=O) groups excluding carboxylic acids is 2. The standard InChI is InChI=1S/C43H59NO10Si/c1-28-21-22-49-34(24-28)19-20-36(54-55(7,8)43(4,5)6)37-27-39-41(52-39)38(53-42(46)31-15-17-32(18-16-31)44(47)48)26-30(3)23-29(2)25-35-13-9-11-33(50-35)12-10-14-40(45)51-37/h9-11,14-21,29,33-39,41H,3,12-13,22-27H2,1-2,4-8H3/b14-10-,20-19?. The van der Waals surface area contributed by atoms with Crippen molar-refractivity contribution < 1.29 is 42.6 Å². The smallest absolute Gasteiger partial charge is 0.338 e. The highest BCUT2D eigenvalue weighted by atomic mass is 28.4. The van der Waals surface area contributed by atoms with Crippen LogP contribution in [0.3, 0.4) is 0 Å². The molecule has 9 atom stereocenters. The Kier molecular flexibility index (Phi) is 14.3. The summed E-state index contributed by atoms with van der Waals surface area (Å²) in [5.74, 6) is -0.849. The maximum atomic E-state index is 13.6. The van der Waals surface area contributed by atoms with Crippen LogP contribution >= 0.6 is 0 Å². The topological polar surface area (TPSA) is 136 Å². The second kappa shape index (κ2) is 18.5. The molecule has 9 unspecified atom stereocenters. The van der Waals surface area contributed by atoms with Gasteiger partial charge < -0.3 is 28.1 Å². The lowest BCUT2D eigenvalue weighted by molar-refractivity contribution is -0.384. The van der Waals surface area contributed by atoms with Crippen LogP contribution in [0.15, 0.2) is 84.5 Å². The molecule has 1 fully saturated rings. The number of nitro benzene ring substituents is 1. The van der Waals surface area contributed by atoms with Gasteiger partial charge in [0.15, 0.2) is 8.32 Å². The summed E-state index contributed by atoms with van der Waals surface area (Å²) in [5, 5.41) is 11.1. The Morgan fingerprint density at radius 1 is 1.07 bits per heavy atom. The van der Waals surface area contributed by atoms with E-state index in [0.717, 1.165) is 24.8 Å². The normalized spacial score (nSPS) is 30.9. The molecule has 0 amide bonds. The van der Waals surface area contributed by atoms with E-state index in [1.165, 1.54) is 35.9 Å². The van der Waals surface area contributed by atoms with Crippen molar-refractivity contribution in [3.63, 3.8) is 0 Å². The number of ether oxygens (including phenoxy) is 5. The Hall–Kier alpha value is -3.68. The van der Waals surface area contributed by atoms with Gasteiger partial charge in [0.1, 0.15) is 24.4 Å². The highest BCUT2D eigenvalue weighted by molar-refractivity contribution is 6.74. The summed E-state index contributed by atoms with van der Waals surface area (Å²) in [6.45, 7) is 20.0. The zero-order valence-corrected chi connectivity index (χ0v) is 34.4. The Labute approximate surface area is 327 Å². The van der Waals surface area contributed by atoms with Gasteiger partial charge in [-0.1, -0.05) is 81.9 Å². The van der Waals surface area contributed by atoms with Crippen LogP contribution in [0.2, 0.25) is 18.1 Å². The van der Waals surface area contributed by atoms with Crippen LogP contribution in [0.5, 0.6) is 0 Å². The molecule has 11 nitrogen and oxygen atoms in total. The molecule has 0 spiro atoms. The van der Waals surface area contributed by atoms with Crippen molar-refractivity contribution in [1.29, 1.82) is 0 Å². The Bertz CT molecular complexity index is 1660. The number of fused-ring (bicyclic) bond motifs is 3. The van der Waals surface area contributed by atoms with Crippen molar-refractivity contribution >= 4 is 25.9 Å². The summed E-state index contributed by atoms with van der Waals surface area (Å²) < 4.78 is 38.1. The predicted octanol–water partition coefficient (Wildman–Crippen LogP) is 8.91. The minimum Gasteiger partial charge on any atom is -0.456 e. The van der Waals surface area contributed by atoms with E-state index in [2.05, 4.69) is 66.4 Å². The SMILES string of the molecule is C=C1CC(C)CC2CC=CC(C/C=C\C(=O)OC(C(C=CC3CC(C)=CCO3)O[Si](C)(C)C(C)(C)C)CC3OC3C(OC(=O)c3ccc([N+](=O)[O-])cc3)C1)O2. The number of hydrogen-bond acceptors (Lipinski definition) is 10. The lowest BCUT2D eigenvalue weighted by atomic mass is 9.90. The van der Waals surface area contributed by atoms with E-state index < -0.39 is 55.7 Å². The number of rotatable bonds is 8. The number of non-ortho nitro benzene ring substituents is 1. The van der Waals surface area contributed by atoms with Crippen LogP contribution < -0.4 is 0 Å². The average Bonchev–Trinajstić information content (AvgIpc) is 3.88. The van der Waals surface area contributed by atoms with Crippen LogP contribution in [0.1, 0.15) is 89.9 Å². The highest BCUT2D eigenvalue weighted by Crippen LogP contribution is 2.41. The molecule has 4 heterocycles. The van der Waals surface area contributed by atoms with Gasteiger partial charge in [-0.25, -0.2) is 9.59 Å². The number of hydrogen-bond donors (Lipinski definition) is 0. The van der Waals surface area contributed by atoms with Crippen molar-refractivity contribution in [2.45, 2.75) is 147 Å². The first-order chi connectivity index (χ1) is 26.0. The Morgan fingerprint density at radius 3 is 2.51 bits per heavy atom. The van der Waals surface area contributed by atoms with Crippen molar-refractivity contribution in [3.05, 3.63) is 100 Å². The number of epoxide rings is 1. The molecular formula is C43H59NO10Si. The number of cyclic esters (lactones) is 1. The fourth-order valence-electron chi connectivity index (χ4n) is 7.08. The first-order valence-electron chi connectivity index (χ1n) is 19.6. The first kappa shape index (κ1) is 42.5. The second-order valence-electron chi connectivity index (χ2n) is 17.0. The van der Waals surface area contributed by atoms with E-state index in [0.29, 0.717) is 32.3 Å². The average molecular weight is 778 g/mol. The van der Waals surface area contributed by atoms with E-state index in [4.69, 9.17) is 28.1 Å². The van der Waals surface area contributed by atoms with Crippen molar-refractivity contribution in [1.82, 2.24) is 0 Å². The molecule has 0 saturated carbocycles. The molecule has 5 rings (SSSR count). The van der Waals surface area contributed by atoms with Gasteiger partial charge in [0.25, 0.3) is 5.69 Å². The molecule has 1 saturated heterocycles. The summed E-state index contributed by atoms with van der Waals surface area (Å²) in [5.41, 5.74) is 2.24. The van der Waals surface area contributed by atoms with Crippen LogP contribution in [0.4, 0.5) is 5.69 Å². The zero-order chi connectivity index (χ0) is 39.9. The summed E-state index contributed by atoms with van der Waals surface area (Å²) in [6, 6.07) is 5.34. The fourth-order valence-corrected chi connectivity index (χ4v) is 8.35. The quantitative estimate of drug-likeness (QED) is 0.0629. The number of benzene rings is 1. The number of nitrogens with zero attached hydrogens (tertiary/aromatic N) is 1. The molecule has 1 aromatic carbocycles. The molecule has 2 bridgehead atoms. The van der Waals surface area contributed by atoms with Crippen molar-refractivity contribution in [2.24, 2.45) is 5.92 Å². The number of nitro groups is 1. The first-order valence-corrected chi connectivity index (χ1v) is 22.5. The van der Waals surface area contributed by atoms with E-state index in [1.54, 1.807) is 6.08 Å². The monoisotopic (exact) mass is 777 g/mol. The second-order valence-corrected chi connectivity index (χ2v) is 21.8. The van der Waals surface area contributed by atoms with Gasteiger partial charge in [0.2, 0.25) is 0 Å². The number of esters is 2. The minimum atomic E-state index is -2.40. The Morgan fingerprint density at radius 2 is 1.82 bits per heavy atom. The van der Waals surface area contributed by atoms with Gasteiger partial charge in [-0.2, -0.15) is 0 Å². The summed E-state index contributed by atoms with van der Waals surface area (Å²) in [7, 11) is -2.40. The van der Waals surface area contributed by atoms with E-state index >= 15 is 0 Å². The maximum absolute atomic E-state index is 13.6. The van der Waals surface area contributed by atoms with Gasteiger partial charge in [0.05, 0.1) is 41.5 Å². The predicted molar refractivity (Wildman–Crippen MR) is 213 cm³/mol. The van der Waals surface area contributed by atoms with Gasteiger partial charge in [0, 0.05) is 31.1 Å². The molecule has 0 aliphatic carbocycles. The molecule has 0 N–H and O–H groups in total. The molecule has 4 aliphatic rings. The summed E-state index contributed by atoms with van der Waals surface area (Å²) >= 11 is 0. The lowest BCUT2D eigenvalue weighted by Crippen LogP contribution is -2.47. The fraction of sp³-hybridized carbons (Fsp3) is 0.581. The third-order valence-corrected chi connectivity index (χ3v) is 15.7. The molecule has 12 heteroatoms. The molecule has 300 valence electrons.